The lowest BCUT2D eigenvalue weighted by Crippen LogP contribution is -3.00. The number of halogens is 1. The van der Waals surface area contributed by atoms with Crippen LogP contribution < -0.4 is 33.0 Å². The molecule has 4 N–H and O–H groups in total. The van der Waals surface area contributed by atoms with E-state index in [-0.39, 0.29) is 23.0 Å². The maximum atomic E-state index is 12.0. The van der Waals surface area contributed by atoms with Crippen LogP contribution in [0.2, 0.25) is 0 Å². The zero-order valence-corrected chi connectivity index (χ0v) is 13.6. The Balaban J connectivity index is 0.00000220. The summed E-state index contributed by atoms with van der Waals surface area (Å²) in [5, 5.41) is 2.91. The number of nitrogens with two attached hydrogens (primary N) is 1. The number of urea groups is 1. The third-order valence-electron chi connectivity index (χ3n) is 3.01. The lowest BCUT2D eigenvalue weighted by atomic mass is 10.2. The summed E-state index contributed by atoms with van der Waals surface area (Å²) in [5.74, 6) is 0.638. The molecule has 0 aliphatic carbocycles. The van der Waals surface area contributed by atoms with Crippen molar-refractivity contribution in [3.05, 3.63) is 29.8 Å². The van der Waals surface area contributed by atoms with Crippen molar-refractivity contribution >= 4 is 17.6 Å². The molecule has 1 heterocycles. The van der Waals surface area contributed by atoms with E-state index in [1.807, 2.05) is 24.3 Å². The van der Waals surface area contributed by atoms with Crippen LogP contribution in [0.4, 0.5) is 10.5 Å². The van der Waals surface area contributed by atoms with Gasteiger partial charge in [0.05, 0.1) is 13.2 Å². The molecule has 0 unspecified atom stereocenters. The van der Waals surface area contributed by atoms with Gasteiger partial charge in [-0.2, -0.15) is 0 Å². The maximum absolute atomic E-state index is 12.0. The Kier molecular flexibility index (Phi) is 7.18. The number of carbonyl (C=O) groups is 1. The Morgan fingerprint density at radius 1 is 1.43 bits per heavy atom. The van der Waals surface area contributed by atoms with Gasteiger partial charge in [0.1, 0.15) is 5.69 Å². The molecule has 7 heteroatoms. The number of hydrogen-bond acceptors (Lipinski definition) is 2. The number of amides is 2. The van der Waals surface area contributed by atoms with Crippen molar-refractivity contribution in [1.82, 2.24) is 10.2 Å². The number of amidine groups is 1. The normalized spacial score (nSPS) is 15.3. The molecule has 2 rings (SSSR count). The van der Waals surface area contributed by atoms with Crippen molar-refractivity contribution in [2.24, 2.45) is 5.73 Å². The summed E-state index contributed by atoms with van der Waals surface area (Å²) in [6, 6.07) is 7.76. The fraction of sp³-hybridized carbons (Fsp3) is 0.429. The smallest absolute Gasteiger partial charge is 0.317 e. The van der Waals surface area contributed by atoms with Gasteiger partial charge in [0, 0.05) is 26.6 Å². The minimum atomic E-state index is -0.0479. The summed E-state index contributed by atoms with van der Waals surface area (Å²) in [6.07, 6.45) is 0. The number of hydrogen-bond donors (Lipinski definition) is 3. The highest BCUT2D eigenvalue weighted by Crippen LogP contribution is 2.05. The van der Waals surface area contributed by atoms with Crippen LogP contribution in [-0.4, -0.2) is 43.1 Å². The summed E-state index contributed by atoms with van der Waals surface area (Å²) in [4.78, 5) is 16.8. The fourth-order valence-corrected chi connectivity index (χ4v) is 2.04. The Labute approximate surface area is 135 Å². The van der Waals surface area contributed by atoms with Crippen LogP contribution in [0.1, 0.15) is 12.5 Å². The molecule has 1 aliphatic rings. The number of ether oxygens (including phenoxy) is 1. The van der Waals surface area contributed by atoms with Crippen molar-refractivity contribution in [3.8, 4) is 0 Å². The molecule has 1 aromatic carbocycles. The fourth-order valence-electron chi connectivity index (χ4n) is 2.04. The first-order chi connectivity index (χ1) is 9.65. The topological polar surface area (TPSA) is 81.6 Å². The highest BCUT2D eigenvalue weighted by Gasteiger charge is 2.15. The van der Waals surface area contributed by atoms with E-state index in [2.05, 4.69) is 10.3 Å². The lowest BCUT2D eigenvalue weighted by molar-refractivity contribution is -0.355. The van der Waals surface area contributed by atoms with Crippen LogP contribution in [0.15, 0.2) is 24.3 Å². The Morgan fingerprint density at radius 2 is 2.14 bits per heavy atom. The van der Waals surface area contributed by atoms with Gasteiger partial charge in [-0.1, -0.05) is 12.1 Å². The number of nitrogens with zero attached hydrogens (tertiary/aromatic N) is 1. The second kappa shape index (κ2) is 8.63. The van der Waals surface area contributed by atoms with E-state index in [1.165, 1.54) is 0 Å². The van der Waals surface area contributed by atoms with Gasteiger partial charge in [-0.15, -0.1) is 0 Å². The average molecular weight is 357 g/mol. The molecule has 0 bridgehead atoms. The van der Waals surface area contributed by atoms with Gasteiger partial charge in [0.25, 0.3) is 0 Å². The van der Waals surface area contributed by atoms with Gasteiger partial charge in [-0.25, -0.2) is 9.79 Å². The molecule has 116 valence electrons. The molecule has 1 aliphatic heterocycles. The molecular weight excluding hydrogens is 336 g/mol. The second-order valence-electron chi connectivity index (χ2n) is 4.77. The first-order valence-electron chi connectivity index (χ1n) is 6.70. The van der Waals surface area contributed by atoms with E-state index in [0.29, 0.717) is 38.7 Å². The number of rotatable bonds is 3. The van der Waals surface area contributed by atoms with Crippen LogP contribution in [0.3, 0.4) is 0 Å². The molecule has 1 aromatic rings. The van der Waals surface area contributed by atoms with Crippen LogP contribution in [-0.2, 0) is 11.3 Å². The lowest BCUT2D eigenvalue weighted by Gasteiger charge is -2.26. The molecule has 1 saturated heterocycles. The number of nitrogens with one attached hydrogen (secondary N) is 2. The molecule has 0 spiro atoms. The summed E-state index contributed by atoms with van der Waals surface area (Å²) in [6.45, 7) is 4.81. The number of morpholine rings is 1. The Bertz CT molecular complexity index is 498. The highest BCUT2D eigenvalue weighted by molar-refractivity contribution is 5.74. The predicted octanol–water partition coefficient (Wildman–Crippen LogP) is -3.68. The largest absolute Gasteiger partial charge is 1.00 e. The standard InChI is InChI=1S/C14H20N4O2.BrH/c1-11(15)17-13-4-2-3-12(9-13)10-16-14(19)18-5-7-20-8-6-18;/h2-4,9H,5-8,10H2,1H3,(H2,15,17)(H,16,19);1H. The molecule has 1 fully saturated rings. The molecule has 21 heavy (non-hydrogen) atoms. The first kappa shape index (κ1) is 17.5. The van der Waals surface area contributed by atoms with Crippen LogP contribution >= 0.6 is 0 Å². The third-order valence-corrected chi connectivity index (χ3v) is 3.01. The Hall–Kier alpha value is -1.60. The van der Waals surface area contributed by atoms with Gasteiger partial charge in [-0.3, -0.25) is 5.73 Å². The van der Waals surface area contributed by atoms with Gasteiger partial charge in [-0.05, 0) is 17.7 Å². The summed E-state index contributed by atoms with van der Waals surface area (Å²) >= 11 is 0. The van der Waals surface area contributed by atoms with E-state index in [0.717, 1.165) is 11.3 Å². The first-order valence-corrected chi connectivity index (χ1v) is 6.70. The zero-order valence-electron chi connectivity index (χ0n) is 12.1. The van der Waals surface area contributed by atoms with E-state index in [4.69, 9.17) is 10.5 Å². The third kappa shape index (κ3) is 5.73. The summed E-state index contributed by atoms with van der Waals surface area (Å²) in [7, 11) is 0. The Morgan fingerprint density at radius 3 is 2.81 bits per heavy atom. The highest BCUT2D eigenvalue weighted by atomic mass is 79.9. The van der Waals surface area contributed by atoms with Crippen molar-refractivity contribution in [2.45, 2.75) is 13.5 Å². The molecule has 0 aromatic heterocycles. The summed E-state index contributed by atoms with van der Waals surface area (Å²) < 4.78 is 5.22. The maximum Gasteiger partial charge on any atom is 0.317 e. The second-order valence-corrected chi connectivity index (χ2v) is 4.77. The van der Waals surface area contributed by atoms with E-state index >= 15 is 0 Å². The van der Waals surface area contributed by atoms with Crippen molar-refractivity contribution in [1.29, 1.82) is 0 Å². The van der Waals surface area contributed by atoms with E-state index in [1.54, 1.807) is 11.8 Å². The SMILES string of the molecule is CC(N)=[NH+]c1cccc(CNC(=O)N2CCOCC2)c1.[Br-]. The van der Waals surface area contributed by atoms with Gasteiger partial charge in [0.15, 0.2) is 0 Å². The van der Waals surface area contributed by atoms with Crippen molar-refractivity contribution in [2.75, 3.05) is 26.3 Å². The zero-order chi connectivity index (χ0) is 14.4. The van der Waals surface area contributed by atoms with Crippen LogP contribution in [0.5, 0.6) is 0 Å². The quantitative estimate of drug-likeness (QED) is 0.385. The van der Waals surface area contributed by atoms with E-state index in [9.17, 15) is 4.79 Å². The minimum Gasteiger partial charge on any atom is -1.00 e. The van der Waals surface area contributed by atoms with Crippen molar-refractivity contribution < 1.29 is 31.5 Å². The molecule has 0 radical (unpaired) electrons. The molecular formula is C14H21BrN4O2. The molecule has 0 atom stereocenters. The monoisotopic (exact) mass is 356 g/mol. The van der Waals surface area contributed by atoms with Gasteiger partial charge >= 0.3 is 6.03 Å². The van der Waals surface area contributed by atoms with E-state index < -0.39 is 0 Å². The average Bonchev–Trinajstić information content (AvgIpc) is 2.45. The summed E-state index contributed by atoms with van der Waals surface area (Å²) in [5.41, 5.74) is 7.56. The van der Waals surface area contributed by atoms with Crippen LogP contribution in [0, 0.1) is 0 Å². The molecule has 2 amide bonds. The number of benzene rings is 1. The number of carbonyl (C=O) groups excluding carboxylic acids is 1. The molecule has 6 nitrogen and oxygen atoms in total. The van der Waals surface area contributed by atoms with Crippen molar-refractivity contribution in [3.63, 3.8) is 0 Å². The van der Waals surface area contributed by atoms with Crippen LogP contribution in [0.25, 0.3) is 0 Å². The predicted molar refractivity (Wildman–Crippen MR) is 76.6 cm³/mol. The molecule has 0 saturated carbocycles. The minimum absolute atomic E-state index is 0. The van der Waals surface area contributed by atoms with Gasteiger partial charge in [0.2, 0.25) is 5.84 Å². The van der Waals surface area contributed by atoms with Gasteiger partial charge < -0.3 is 31.9 Å².